The number of hydrogen-bond donors (Lipinski definition) is 1. The van der Waals surface area contributed by atoms with Crippen molar-refractivity contribution < 1.29 is 18.3 Å². The summed E-state index contributed by atoms with van der Waals surface area (Å²) in [5.74, 6) is 0. The molecular weight excluding hydrogens is 265 g/mol. The number of aliphatic hydroxyl groups is 1. The minimum Gasteiger partial charge on any atom is -0.390 e. The molecule has 0 aromatic rings. The summed E-state index contributed by atoms with van der Waals surface area (Å²) in [7, 11) is 0. The Hall–Kier alpha value is -0.250. The fourth-order valence-corrected chi connectivity index (χ4v) is 2.43. The summed E-state index contributed by atoms with van der Waals surface area (Å²) in [6, 6.07) is 0. The van der Waals surface area contributed by atoms with Crippen molar-refractivity contribution >= 4 is 0 Å². The molecule has 0 aliphatic carbocycles. The van der Waals surface area contributed by atoms with Crippen molar-refractivity contribution in [3.8, 4) is 0 Å². The van der Waals surface area contributed by atoms with Gasteiger partial charge in [0, 0.05) is 6.42 Å². The Bertz CT molecular complexity index is 224. The largest absolute Gasteiger partial charge is 0.390 e. The van der Waals surface area contributed by atoms with Crippen molar-refractivity contribution in [3.05, 3.63) is 0 Å². The molecule has 0 bridgehead atoms. The third-order valence-corrected chi connectivity index (χ3v) is 3.74. The molecule has 0 aromatic carbocycles. The summed E-state index contributed by atoms with van der Waals surface area (Å²) in [4.78, 5) is 0. The van der Waals surface area contributed by atoms with Crippen LogP contribution in [0.4, 0.5) is 13.2 Å². The second kappa shape index (κ2) is 10.5. The van der Waals surface area contributed by atoms with Crippen molar-refractivity contribution in [2.75, 3.05) is 0 Å². The molecule has 0 rings (SSSR count). The predicted octanol–water partition coefficient (Wildman–Crippen LogP) is 6.00. The SMILES string of the molecule is CCCCCCCCCCC(C)(O)CCCC(F)(F)F. The lowest BCUT2D eigenvalue weighted by Crippen LogP contribution is -2.24. The van der Waals surface area contributed by atoms with Gasteiger partial charge in [0.2, 0.25) is 0 Å². The van der Waals surface area contributed by atoms with Crippen LogP contribution >= 0.6 is 0 Å². The lowest BCUT2D eigenvalue weighted by atomic mass is 9.92. The summed E-state index contributed by atoms with van der Waals surface area (Å²) in [5, 5.41) is 10.0. The average molecular weight is 296 g/mol. The molecule has 0 heterocycles. The quantitative estimate of drug-likeness (QED) is 0.438. The van der Waals surface area contributed by atoms with Crippen molar-refractivity contribution in [1.82, 2.24) is 0 Å². The van der Waals surface area contributed by atoms with Crippen LogP contribution in [-0.2, 0) is 0 Å². The van der Waals surface area contributed by atoms with E-state index in [0.29, 0.717) is 6.42 Å². The van der Waals surface area contributed by atoms with Gasteiger partial charge in [-0.15, -0.1) is 0 Å². The molecular formula is C16H31F3O. The molecule has 0 aromatic heterocycles. The molecule has 1 N–H and O–H groups in total. The highest BCUT2D eigenvalue weighted by atomic mass is 19.4. The second-order valence-electron chi connectivity index (χ2n) is 6.19. The highest BCUT2D eigenvalue weighted by molar-refractivity contribution is 4.73. The van der Waals surface area contributed by atoms with E-state index in [9.17, 15) is 18.3 Å². The molecule has 1 unspecified atom stereocenters. The molecule has 0 amide bonds. The Kier molecular flexibility index (Phi) is 10.3. The molecule has 20 heavy (non-hydrogen) atoms. The minimum atomic E-state index is -4.10. The van der Waals surface area contributed by atoms with Crippen molar-refractivity contribution in [2.45, 2.75) is 103 Å². The maximum absolute atomic E-state index is 12.0. The molecule has 0 spiro atoms. The van der Waals surface area contributed by atoms with Gasteiger partial charge in [-0.05, 0) is 26.2 Å². The van der Waals surface area contributed by atoms with Crippen LogP contribution in [0.25, 0.3) is 0 Å². The number of alkyl halides is 3. The average Bonchev–Trinajstić information content (AvgIpc) is 2.30. The monoisotopic (exact) mass is 296 g/mol. The maximum atomic E-state index is 12.0. The topological polar surface area (TPSA) is 20.2 Å². The van der Waals surface area contributed by atoms with Crippen molar-refractivity contribution in [2.24, 2.45) is 0 Å². The van der Waals surface area contributed by atoms with Gasteiger partial charge in [0.25, 0.3) is 0 Å². The van der Waals surface area contributed by atoms with E-state index in [2.05, 4.69) is 6.92 Å². The Morgan fingerprint density at radius 2 is 1.15 bits per heavy atom. The van der Waals surface area contributed by atoms with Gasteiger partial charge in [-0.1, -0.05) is 58.3 Å². The Morgan fingerprint density at radius 1 is 0.700 bits per heavy atom. The van der Waals surface area contributed by atoms with E-state index in [1.165, 1.54) is 38.5 Å². The number of hydrogen-bond acceptors (Lipinski definition) is 1. The summed E-state index contributed by atoms with van der Waals surface area (Å²) < 4.78 is 36.1. The Balaban J connectivity index is 3.47. The molecule has 0 saturated heterocycles. The lowest BCUT2D eigenvalue weighted by Gasteiger charge is -2.23. The number of unbranched alkanes of at least 4 members (excludes halogenated alkanes) is 7. The van der Waals surface area contributed by atoms with Gasteiger partial charge >= 0.3 is 6.18 Å². The van der Waals surface area contributed by atoms with Crippen LogP contribution in [0.2, 0.25) is 0 Å². The predicted molar refractivity (Wildman–Crippen MR) is 77.8 cm³/mol. The molecule has 122 valence electrons. The molecule has 1 atom stereocenters. The lowest BCUT2D eigenvalue weighted by molar-refractivity contribution is -0.137. The fourth-order valence-electron chi connectivity index (χ4n) is 2.43. The van der Waals surface area contributed by atoms with Crippen LogP contribution in [0.5, 0.6) is 0 Å². The van der Waals surface area contributed by atoms with E-state index in [0.717, 1.165) is 12.8 Å². The molecule has 0 radical (unpaired) electrons. The standard InChI is InChI=1S/C16H31F3O/c1-3-4-5-6-7-8-9-10-12-15(2,20)13-11-14-16(17,18)19/h20H,3-14H2,1-2H3. The van der Waals surface area contributed by atoms with Crippen molar-refractivity contribution in [1.29, 1.82) is 0 Å². The maximum Gasteiger partial charge on any atom is 0.389 e. The van der Waals surface area contributed by atoms with Crippen LogP contribution in [-0.4, -0.2) is 16.9 Å². The van der Waals surface area contributed by atoms with Gasteiger partial charge in [0.15, 0.2) is 0 Å². The summed E-state index contributed by atoms with van der Waals surface area (Å²) in [6.07, 6.45) is 5.48. The van der Waals surface area contributed by atoms with Gasteiger partial charge in [-0.2, -0.15) is 13.2 Å². The first-order chi connectivity index (χ1) is 9.27. The van der Waals surface area contributed by atoms with Gasteiger partial charge in [0.05, 0.1) is 5.60 Å². The molecule has 4 heteroatoms. The number of rotatable bonds is 12. The van der Waals surface area contributed by atoms with Gasteiger partial charge in [-0.3, -0.25) is 0 Å². The van der Waals surface area contributed by atoms with Crippen molar-refractivity contribution in [3.63, 3.8) is 0 Å². The van der Waals surface area contributed by atoms with Crippen LogP contribution < -0.4 is 0 Å². The Morgan fingerprint density at radius 3 is 1.65 bits per heavy atom. The molecule has 0 aliphatic rings. The van der Waals surface area contributed by atoms with Crippen LogP contribution in [0.15, 0.2) is 0 Å². The van der Waals surface area contributed by atoms with Crippen LogP contribution in [0, 0.1) is 0 Å². The van der Waals surface area contributed by atoms with Gasteiger partial charge < -0.3 is 5.11 Å². The smallest absolute Gasteiger partial charge is 0.389 e. The van der Waals surface area contributed by atoms with Gasteiger partial charge in [0.1, 0.15) is 0 Å². The first kappa shape index (κ1) is 19.8. The van der Waals surface area contributed by atoms with E-state index < -0.39 is 18.2 Å². The van der Waals surface area contributed by atoms with Gasteiger partial charge in [-0.25, -0.2) is 0 Å². The first-order valence-electron chi connectivity index (χ1n) is 8.06. The highest BCUT2D eigenvalue weighted by Crippen LogP contribution is 2.27. The van der Waals surface area contributed by atoms with Crippen LogP contribution in [0.3, 0.4) is 0 Å². The van der Waals surface area contributed by atoms with E-state index in [1.54, 1.807) is 6.92 Å². The minimum absolute atomic E-state index is 0.0213. The fraction of sp³-hybridized carbons (Fsp3) is 1.00. The van der Waals surface area contributed by atoms with E-state index in [1.807, 2.05) is 0 Å². The summed E-state index contributed by atoms with van der Waals surface area (Å²) in [5.41, 5.74) is -0.937. The molecule has 1 nitrogen and oxygen atoms in total. The first-order valence-corrected chi connectivity index (χ1v) is 8.06. The zero-order valence-corrected chi connectivity index (χ0v) is 13.1. The van der Waals surface area contributed by atoms with E-state index in [-0.39, 0.29) is 12.8 Å². The third kappa shape index (κ3) is 14.2. The summed E-state index contributed by atoms with van der Waals surface area (Å²) in [6.45, 7) is 3.85. The molecule has 0 fully saturated rings. The van der Waals surface area contributed by atoms with E-state index >= 15 is 0 Å². The molecule has 0 aliphatic heterocycles. The second-order valence-corrected chi connectivity index (χ2v) is 6.19. The molecule has 0 saturated carbocycles. The zero-order valence-electron chi connectivity index (χ0n) is 13.1. The number of halogens is 3. The Labute approximate surface area is 122 Å². The third-order valence-electron chi connectivity index (χ3n) is 3.74. The van der Waals surface area contributed by atoms with Crippen LogP contribution in [0.1, 0.15) is 90.9 Å². The zero-order chi connectivity index (χ0) is 15.5. The van der Waals surface area contributed by atoms with E-state index in [4.69, 9.17) is 0 Å². The highest BCUT2D eigenvalue weighted by Gasteiger charge is 2.28. The normalized spacial score (nSPS) is 15.3. The summed E-state index contributed by atoms with van der Waals surface area (Å²) >= 11 is 0.